The van der Waals surface area contributed by atoms with E-state index >= 15 is 0 Å². The van der Waals surface area contributed by atoms with Gasteiger partial charge in [-0.1, -0.05) is 11.6 Å². The third-order valence-electron chi connectivity index (χ3n) is 2.69. The van der Waals surface area contributed by atoms with Gasteiger partial charge in [-0.25, -0.2) is 4.98 Å². The molecule has 1 saturated heterocycles. The predicted molar refractivity (Wildman–Crippen MR) is 62.3 cm³/mol. The molecule has 1 aliphatic heterocycles. The zero-order chi connectivity index (χ0) is 11.7. The fourth-order valence-corrected chi connectivity index (χ4v) is 1.83. The summed E-state index contributed by atoms with van der Waals surface area (Å²) in [6.07, 6.45) is 0.251. The van der Waals surface area contributed by atoms with Crippen LogP contribution in [0.2, 0.25) is 5.15 Å². The molecule has 2 rings (SSSR count). The van der Waals surface area contributed by atoms with Crippen LogP contribution in [0.3, 0.4) is 0 Å². The first-order chi connectivity index (χ1) is 7.60. The van der Waals surface area contributed by atoms with Crippen LogP contribution >= 0.6 is 11.6 Å². The van der Waals surface area contributed by atoms with Crippen molar-refractivity contribution in [2.45, 2.75) is 13.0 Å². The first-order valence-corrected chi connectivity index (χ1v) is 5.44. The van der Waals surface area contributed by atoms with E-state index < -0.39 is 0 Å². The van der Waals surface area contributed by atoms with Crippen molar-refractivity contribution in [3.8, 4) is 0 Å². The monoisotopic (exact) mass is 240 g/mol. The Morgan fingerprint density at radius 1 is 1.56 bits per heavy atom. The maximum absolute atomic E-state index is 11.3. The summed E-state index contributed by atoms with van der Waals surface area (Å²) in [5.74, 6) is 0.736. The number of carbonyl (C=O) groups is 1. The highest BCUT2D eigenvalue weighted by Crippen LogP contribution is 2.23. The Kier molecular flexibility index (Phi) is 3.12. The largest absolute Gasteiger partial charge is 0.378 e. The van der Waals surface area contributed by atoms with Gasteiger partial charge in [-0.3, -0.25) is 4.79 Å². The number of carbonyl (C=O) groups excluding carboxylic acids is 1. The Hall–Kier alpha value is -1.13. The topological polar surface area (TPSA) is 42.4 Å². The predicted octanol–water partition coefficient (Wildman–Crippen LogP) is 1.77. The van der Waals surface area contributed by atoms with Crippen molar-refractivity contribution in [3.05, 3.63) is 22.8 Å². The van der Waals surface area contributed by atoms with E-state index in [1.54, 1.807) is 19.2 Å². The van der Waals surface area contributed by atoms with Crippen LogP contribution in [0.5, 0.6) is 0 Å². The first-order valence-electron chi connectivity index (χ1n) is 5.06. The van der Waals surface area contributed by atoms with Crippen LogP contribution in [0.4, 0.5) is 5.82 Å². The normalized spacial score (nSPS) is 16.1. The molecular weight excluding hydrogens is 228 g/mol. The molecule has 1 aromatic rings. The number of methoxy groups -OCH3 is 1. The number of Topliss-reactive ketones (excluding diaryl/α,β-unsaturated/α-hetero) is 1. The summed E-state index contributed by atoms with van der Waals surface area (Å²) in [6, 6.07) is 3.35. The van der Waals surface area contributed by atoms with E-state index in [4.69, 9.17) is 16.3 Å². The van der Waals surface area contributed by atoms with Crippen molar-refractivity contribution in [1.29, 1.82) is 0 Å². The molecule has 4 nitrogen and oxygen atoms in total. The summed E-state index contributed by atoms with van der Waals surface area (Å²) in [4.78, 5) is 17.5. The van der Waals surface area contributed by atoms with E-state index in [1.165, 1.54) is 6.92 Å². The molecule has 0 bridgehead atoms. The highest BCUT2D eigenvalue weighted by Gasteiger charge is 2.27. The van der Waals surface area contributed by atoms with Gasteiger partial charge in [-0.2, -0.15) is 0 Å². The van der Waals surface area contributed by atoms with Crippen LogP contribution in [0.15, 0.2) is 12.1 Å². The molecule has 0 N–H and O–H groups in total. The van der Waals surface area contributed by atoms with Gasteiger partial charge in [0.1, 0.15) is 11.0 Å². The Labute approximate surface area is 99.2 Å². The highest BCUT2D eigenvalue weighted by atomic mass is 35.5. The SMILES string of the molecule is COC1CN(c2cc(C(C)=O)cc(Cl)n2)C1. The maximum Gasteiger partial charge on any atom is 0.160 e. The summed E-state index contributed by atoms with van der Waals surface area (Å²) in [5, 5.41) is 0.351. The molecule has 5 heteroatoms. The van der Waals surface area contributed by atoms with Gasteiger partial charge < -0.3 is 9.64 Å². The zero-order valence-electron chi connectivity index (χ0n) is 9.24. The standard InChI is InChI=1S/C11H13ClN2O2/c1-7(15)8-3-10(12)13-11(4-8)14-5-9(6-14)16-2/h3-4,9H,5-6H2,1-2H3. The third kappa shape index (κ3) is 2.18. The van der Waals surface area contributed by atoms with Crippen LogP contribution in [-0.2, 0) is 4.74 Å². The minimum atomic E-state index is -0.00522. The second-order valence-corrected chi connectivity index (χ2v) is 4.24. The number of hydrogen-bond acceptors (Lipinski definition) is 4. The van der Waals surface area contributed by atoms with Crippen molar-refractivity contribution in [2.24, 2.45) is 0 Å². The van der Waals surface area contributed by atoms with Crippen molar-refractivity contribution >= 4 is 23.2 Å². The molecule has 1 aromatic heterocycles. The molecule has 0 saturated carbocycles. The average Bonchev–Trinajstić information content (AvgIpc) is 2.15. The minimum absolute atomic E-state index is 0.00522. The van der Waals surface area contributed by atoms with E-state index in [1.807, 2.05) is 4.90 Å². The van der Waals surface area contributed by atoms with Crippen molar-refractivity contribution < 1.29 is 9.53 Å². The molecule has 0 aliphatic carbocycles. The van der Waals surface area contributed by atoms with Crippen molar-refractivity contribution in [1.82, 2.24) is 4.98 Å². The van der Waals surface area contributed by atoms with Gasteiger partial charge in [0.25, 0.3) is 0 Å². The lowest BCUT2D eigenvalue weighted by Crippen LogP contribution is -2.52. The average molecular weight is 241 g/mol. The number of halogens is 1. The summed E-state index contributed by atoms with van der Waals surface area (Å²) in [6.45, 7) is 3.10. The Morgan fingerprint density at radius 3 is 2.81 bits per heavy atom. The summed E-state index contributed by atoms with van der Waals surface area (Å²) >= 11 is 5.87. The number of pyridine rings is 1. The van der Waals surface area contributed by atoms with Gasteiger partial charge in [-0.05, 0) is 19.1 Å². The molecule has 2 heterocycles. The van der Waals surface area contributed by atoms with Crippen LogP contribution in [-0.4, -0.2) is 37.1 Å². The van der Waals surface area contributed by atoms with Gasteiger partial charge in [-0.15, -0.1) is 0 Å². The molecular formula is C11H13ClN2O2. The maximum atomic E-state index is 11.3. The lowest BCUT2D eigenvalue weighted by Gasteiger charge is -2.39. The van der Waals surface area contributed by atoms with E-state index in [0.717, 1.165) is 18.9 Å². The number of rotatable bonds is 3. The number of aromatic nitrogens is 1. The lowest BCUT2D eigenvalue weighted by molar-refractivity contribution is 0.0783. The number of ether oxygens (including phenoxy) is 1. The second-order valence-electron chi connectivity index (χ2n) is 3.86. The summed E-state index contributed by atoms with van der Waals surface area (Å²) < 4.78 is 5.18. The van der Waals surface area contributed by atoms with Crippen LogP contribution in [0.25, 0.3) is 0 Å². The molecule has 1 aliphatic rings. The molecule has 0 atom stereocenters. The Bertz CT molecular complexity index is 416. The molecule has 0 amide bonds. The first kappa shape index (κ1) is 11.4. The van der Waals surface area contributed by atoms with Crippen LogP contribution in [0.1, 0.15) is 17.3 Å². The Morgan fingerprint density at radius 2 is 2.25 bits per heavy atom. The number of nitrogens with zero attached hydrogens (tertiary/aromatic N) is 2. The number of hydrogen-bond donors (Lipinski definition) is 0. The fraction of sp³-hybridized carbons (Fsp3) is 0.455. The molecule has 0 radical (unpaired) electrons. The third-order valence-corrected chi connectivity index (χ3v) is 2.89. The van der Waals surface area contributed by atoms with Gasteiger partial charge in [0.15, 0.2) is 5.78 Å². The summed E-state index contributed by atoms with van der Waals surface area (Å²) in [5.41, 5.74) is 0.593. The molecule has 1 fully saturated rings. The van der Waals surface area contributed by atoms with E-state index in [2.05, 4.69) is 4.98 Å². The molecule has 0 unspecified atom stereocenters. The quantitative estimate of drug-likeness (QED) is 0.597. The van der Waals surface area contributed by atoms with Gasteiger partial charge in [0, 0.05) is 25.8 Å². The molecule has 16 heavy (non-hydrogen) atoms. The van der Waals surface area contributed by atoms with E-state index in [9.17, 15) is 4.79 Å². The fourth-order valence-electron chi connectivity index (χ4n) is 1.62. The van der Waals surface area contributed by atoms with Gasteiger partial charge in [0.2, 0.25) is 0 Å². The molecule has 0 spiro atoms. The minimum Gasteiger partial charge on any atom is -0.378 e. The lowest BCUT2D eigenvalue weighted by atomic mass is 10.1. The van der Waals surface area contributed by atoms with E-state index in [0.29, 0.717) is 10.7 Å². The van der Waals surface area contributed by atoms with Gasteiger partial charge >= 0.3 is 0 Å². The number of anilines is 1. The van der Waals surface area contributed by atoms with Gasteiger partial charge in [0.05, 0.1) is 6.10 Å². The van der Waals surface area contributed by atoms with Crippen LogP contribution < -0.4 is 4.90 Å². The van der Waals surface area contributed by atoms with Crippen molar-refractivity contribution in [3.63, 3.8) is 0 Å². The summed E-state index contributed by atoms with van der Waals surface area (Å²) in [7, 11) is 1.69. The highest BCUT2D eigenvalue weighted by molar-refractivity contribution is 6.29. The number of ketones is 1. The Balaban J connectivity index is 2.19. The van der Waals surface area contributed by atoms with Crippen molar-refractivity contribution in [2.75, 3.05) is 25.1 Å². The van der Waals surface area contributed by atoms with Crippen LogP contribution in [0, 0.1) is 0 Å². The van der Waals surface area contributed by atoms with E-state index in [-0.39, 0.29) is 11.9 Å². The molecule has 0 aromatic carbocycles. The second kappa shape index (κ2) is 4.39. The zero-order valence-corrected chi connectivity index (χ0v) is 9.99. The smallest absolute Gasteiger partial charge is 0.160 e. The molecule has 86 valence electrons.